The Kier molecular flexibility index (Phi) is 11.1. The van der Waals surface area contributed by atoms with E-state index in [-0.39, 0.29) is 0 Å². The fourth-order valence-electron chi connectivity index (χ4n) is 6.48. The normalized spacial score (nSPS) is 15.8. The molecule has 5 aromatic carbocycles. The van der Waals surface area contributed by atoms with E-state index in [0.717, 1.165) is 58.2 Å². The fourth-order valence-corrected chi connectivity index (χ4v) is 9.07. The molecule has 5 aromatic rings. The van der Waals surface area contributed by atoms with Crippen molar-refractivity contribution < 1.29 is 9.53 Å². The van der Waals surface area contributed by atoms with Crippen molar-refractivity contribution in [2.75, 3.05) is 38.0 Å². The molecule has 0 saturated carbocycles. The second-order valence-electron chi connectivity index (χ2n) is 13.8. The molecule has 266 valence electrons. The Hall–Kier alpha value is -3.43. The molecule has 0 aliphatic carbocycles. The molecule has 0 unspecified atom stereocenters. The highest BCUT2D eigenvalue weighted by Crippen LogP contribution is 2.54. The van der Waals surface area contributed by atoms with Gasteiger partial charge >= 0.3 is 5.97 Å². The first kappa shape index (κ1) is 38.3. The first-order valence-corrected chi connectivity index (χ1v) is 20.0. The van der Waals surface area contributed by atoms with Crippen LogP contribution < -0.4 is 9.80 Å². The third-order valence-electron chi connectivity index (χ3n) is 9.87. The Morgan fingerprint density at radius 1 is 0.538 bits per heavy atom. The minimum absolute atomic E-state index is 0.423. The second kappa shape index (κ2) is 15.1. The summed E-state index contributed by atoms with van der Waals surface area (Å²) in [6.45, 7) is 8.50. The summed E-state index contributed by atoms with van der Waals surface area (Å²) in [6.07, 6.45) is 4.25. The van der Waals surface area contributed by atoms with E-state index >= 15 is 0 Å². The lowest BCUT2D eigenvalue weighted by Gasteiger charge is -2.28. The van der Waals surface area contributed by atoms with Crippen LogP contribution in [-0.2, 0) is 10.3 Å². The zero-order valence-corrected chi connectivity index (χ0v) is 36.8. The average molecular weight is 948 g/mol. The number of carbonyl (C=O) groups excluding carboxylic acids is 1. The Bertz CT molecular complexity index is 2150. The number of nitrogens with zero attached hydrogens (tertiary/aromatic N) is 2. The SMILES string of the molecule is Cc1ccc(/C(=C\C2(/C=C(/c3ccc(N(C)C)cc3)c3ccc(C)c(C)c3)OC(=O)c3c(Br)c(Br)c(Br)c(Br)c32)c2ccc(N(C)C)cc2)cc1C. The van der Waals surface area contributed by atoms with Gasteiger partial charge in [0.15, 0.2) is 5.60 Å². The maximum atomic E-state index is 14.3. The van der Waals surface area contributed by atoms with Crippen LogP contribution in [0.1, 0.15) is 60.4 Å². The number of hydrogen-bond donors (Lipinski definition) is 0. The first-order valence-electron chi connectivity index (χ1n) is 16.9. The van der Waals surface area contributed by atoms with Gasteiger partial charge in [0.2, 0.25) is 0 Å². The molecule has 0 amide bonds. The molecule has 0 bridgehead atoms. The van der Waals surface area contributed by atoms with Crippen molar-refractivity contribution in [3.63, 3.8) is 0 Å². The Balaban J connectivity index is 1.77. The van der Waals surface area contributed by atoms with Gasteiger partial charge in [-0.3, -0.25) is 0 Å². The molecule has 52 heavy (non-hydrogen) atoms. The predicted octanol–water partition coefficient (Wildman–Crippen LogP) is 12.7. The molecule has 1 aliphatic heterocycles. The van der Waals surface area contributed by atoms with Crippen LogP contribution in [0.25, 0.3) is 11.1 Å². The highest BCUT2D eigenvalue weighted by molar-refractivity contribution is 9.15. The monoisotopic (exact) mass is 944 g/mol. The summed E-state index contributed by atoms with van der Waals surface area (Å²) in [5.74, 6) is -0.423. The first-order chi connectivity index (χ1) is 24.6. The molecule has 0 spiro atoms. The predicted molar refractivity (Wildman–Crippen MR) is 232 cm³/mol. The number of esters is 1. The quantitative estimate of drug-likeness (QED) is 0.0881. The van der Waals surface area contributed by atoms with Crippen molar-refractivity contribution >= 4 is 92.2 Å². The fraction of sp³-hybridized carbons (Fsp3) is 0.205. The van der Waals surface area contributed by atoms with E-state index in [0.29, 0.717) is 15.6 Å². The number of ether oxygens (including phenoxy) is 1. The Labute approximate surface area is 341 Å². The van der Waals surface area contributed by atoms with Crippen LogP contribution in [0.3, 0.4) is 0 Å². The third-order valence-corrected chi connectivity index (χ3v) is 14.6. The van der Waals surface area contributed by atoms with Gasteiger partial charge in [-0.15, -0.1) is 0 Å². The van der Waals surface area contributed by atoms with Crippen molar-refractivity contribution in [2.45, 2.75) is 33.3 Å². The maximum Gasteiger partial charge on any atom is 0.341 e. The van der Waals surface area contributed by atoms with E-state index in [1.54, 1.807) is 0 Å². The Morgan fingerprint density at radius 2 is 0.923 bits per heavy atom. The highest BCUT2D eigenvalue weighted by Gasteiger charge is 2.48. The summed E-state index contributed by atoms with van der Waals surface area (Å²) in [5, 5.41) is 0. The van der Waals surface area contributed by atoms with Crippen LogP contribution in [0, 0.1) is 27.7 Å². The number of carbonyl (C=O) groups is 1. The average Bonchev–Trinajstić information content (AvgIpc) is 3.41. The molecule has 0 fully saturated rings. The van der Waals surface area contributed by atoms with Crippen molar-refractivity contribution in [3.05, 3.63) is 171 Å². The molecule has 6 rings (SSSR count). The van der Waals surface area contributed by atoms with Crippen LogP contribution in [0.5, 0.6) is 0 Å². The minimum atomic E-state index is -1.35. The molecular formula is C44H40Br4N2O2. The van der Waals surface area contributed by atoms with E-state index in [1.807, 2.05) is 28.2 Å². The smallest absolute Gasteiger partial charge is 0.341 e. The molecule has 0 atom stereocenters. The van der Waals surface area contributed by atoms with Crippen molar-refractivity contribution in [1.29, 1.82) is 0 Å². The van der Waals surface area contributed by atoms with E-state index in [4.69, 9.17) is 4.74 Å². The van der Waals surface area contributed by atoms with E-state index < -0.39 is 11.6 Å². The molecule has 0 N–H and O–H groups in total. The zero-order valence-electron chi connectivity index (χ0n) is 30.5. The van der Waals surface area contributed by atoms with Gasteiger partial charge in [0.1, 0.15) is 0 Å². The summed E-state index contributed by atoms with van der Waals surface area (Å²) in [5.41, 5.74) is 12.7. The van der Waals surface area contributed by atoms with Crippen LogP contribution >= 0.6 is 63.7 Å². The van der Waals surface area contributed by atoms with Crippen molar-refractivity contribution in [1.82, 2.24) is 0 Å². The molecule has 0 saturated heterocycles. The summed E-state index contributed by atoms with van der Waals surface area (Å²) in [6, 6.07) is 30.0. The van der Waals surface area contributed by atoms with Gasteiger partial charge in [-0.1, -0.05) is 60.7 Å². The minimum Gasteiger partial charge on any atom is -0.442 e. The number of rotatable bonds is 8. The van der Waals surface area contributed by atoms with Crippen molar-refractivity contribution in [2.24, 2.45) is 0 Å². The van der Waals surface area contributed by atoms with Gasteiger partial charge in [0.25, 0.3) is 0 Å². The topological polar surface area (TPSA) is 32.8 Å². The molecule has 0 radical (unpaired) electrons. The second-order valence-corrected chi connectivity index (χ2v) is 17.0. The maximum absolute atomic E-state index is 14.3. The van der Waals surface area contributed by atoms with Crippen molar-refractivity contribution in [3.8, 4) is 0 Å². The third kappa shape index (κ3) is 7.24. The lowest BCUT2D eigenvalue weighted by atomic mass is 9.82. The van der Waals surface area contributed by atoms with Gasteiger partial charge in [-0.25, -0.2) is 4.79 Å². The van der Waals surface area contributed by atoms with Crippen LogP contribution in [0.2, 0.25) is 0 Å². The summed E-state index contributed by atoms with van der Waals surface area (Å²) >= 11 is 15.2. The molecule has 0 aromatic heterocycles. The number of hydrogen-bond acceptors (Lipinski definition) is 4. The van der Waals surface area contributed by atoms with Crippen LogP contribution in [-0.4, -0.2) is 34.2 Å². The largest absolute Gasteiger partial charge is 0.442 e. The van der Waals surface area contributed by atoms with Gasteiger partial charge < -0.3 is 14.5 Å². The lowest BCUT2D eigenvalue weighted by Crippen LogP contribution is -2.23. The number of aryl methyl sites for hydroxylation is 4. The standard InChI is InChI=1S/C44H40Br4N2O2/c1-25-9-11-31(21-27(25)3)35(29-13-17-33(18-14-29)49(5)6)23-44(38-37(43(51)52-44)39(45)41(47)42(48)40(38)46)24-36(32-12-10-26(2)28(4)22-32)30-15-19-34(20-16-30)50(7)8/h9-24H,1-8H3/b35-23-,36-24-. The molecule has 1 aliphatic rings. The van der Waals surface area contributed by atoms with E-state index in [1.165, 1.54) is 22.3 Å². The van der Waals surface area contributed by atoms with Gasteiger partial charge in [-0.05, 0) is 183 Å². The number of benzene rings is 5. The highest BCUT2D eigenvalue weighted by atomic mass is 79.9. The van der Waals surface area contributed by atoms with E-state index in [9.17, 15) is 4.79 Å². The molecule has 8 heteroatoms. The number of cyclic esters (lactones) is 1. The summed E-state index contributed by atoms with van der Waals surface area (Å²) in [4.78, 5) is 18.5. The van der Waals surface area contributed by atoms with E-state index in [2.05, 4.69) is 198 Å². The lowest BCUT2D eigenvalue weighted by molar-refractivity contribution is 0.0298. The van der Waals surface area contributed by atoms with Crippen LogP contribution in [0.4, 0.5) is 11.4 Å². The number of anilines is 2. The molecule has 4 nitrogen and oxygen atoms in total. The summed E-state index contributed by atoms with van der Waals surface area (Å²) < 4.78 is 9.60. The van der Waals surface area contributed by atoms with Gasteiger partial charge in [0.05, 0.1) is 5.56 Å². The Morgan fingerprint density at radius 3 is 1.31 bits per heavy atom. The molecular weight excluding hydrogens is 908 g/mol. The van der Waals surface area contributed by atoms with Gasteiger partial charge in [-0.2, -0.15) is 0 Å². The summed E-state index contributed by atoms with van der Waals surface area (Å²) in [7, 11) is 8.15. The number of fused-ring (bicyclic) bond motifs is 1. The van der Waals surface area contributed by atoms with Gasteiger partial charge in [0, 0.05) is 63.0 Å². The number of halogens is 4. The molecule has 1 heterocycles. The zero-order chi connectivity index (χ0) is 37.6. The van der Waals surface area contributed by atoms with Crippen LogP contribution in [0.15, 0.2) is 115 Å².